The van der Waals surface area contributed by atoms with Crippen molar-refractivity contribution < 1.29 is 9.59 Å². The van der Waals surface area contributed by atoms with Gasteiger partial charge in [0.15, 0.2) is 0 Å². The summed E-state index contributed by atoms with van der Waals surface area (Å²) in [5.74, 6) is -0.465. The van der Waals surface area contributed by atoms with Gasteiger partial charge in [0.1, 0.15) is 0 Å². The van der Waals surface area contributed by atoms with Crippen LogP contribution in [0.4, 0.5) is 0 Å². The summed E-state index contributed by atoms with van der Waals surface area (Å²) >= 11 is 0. The number of hydrogen-bond acceptors (Lipinski definition) is 3. The summed E-state index contributed by atoms with van der Waals surface area (Å²) in [6.07, 6.45) is 0.162. The zero-order valence-electron chi connectivity index (χ0n) is 5.13. The number of rotatable bonds is 0. The highest BCUT2D eigenvalue weighted by molar-refractivity contribution is 6.05. The van der Waals surface area contributed by atoms with Crippen molar-refractivity contribution in [2.24, 2.45) is 5.73 Å². The van der Waals surface area contributed by atoms with Gasteiger partial charge in [0.05, 0.1) is 12.5 Å². The number of hydrogen-bond donors (Lipinski definition) is 1. The highest BCUT2D eigenvalue weighted by atomic mass is 16.2. The molecule has 0 spiro atoms. The molecule has 2 amide bonds. The maximum Gasteiger partial charge on any atom is 0.246 e. The van der Waals surface area contributed by atoms with Gasteiger partial charge in [-0.15, -0.1) is 0 Å². The van der Waals surface area contributed by atoms with Crippen LogP contribution < -0.4 is 5.73 Å². The summed E-state index contributed by atoms with van der Waals surface area (Å²) in [7, 11) is 1.44. The fourth-order valence-electron chi connectivity index (χ4n) is 0.784. The Kier molecular flexibility index (Phi) is 1.25. The molecule has 9 heavy (non-hydrogen) atoms. The van der Waals surface area contributed by atoms with E-state index in [1.54, 1.807) is 0 Å². The highest BCUT2D eigenvalue weighted by Gasteiger charge is 2.32. The van der Waals surface area contributed by atoms with Crippen molar-refractivity contribution in [3.8, 4) is 0 Å². The summed E-state index contributed by atoms with van der Waals surface area (Å²) < 4.78 is 0. The highest BCUT2D eigenvalue weighted by Crippen LogP contribution is 2.06. The molecule has 1 rings (SSSR count). The molecule has 50 valence electrons. The topological polar surface area (TPSA) is 63.4 Å². The minimum absolute atomic E-state index is 0.162. The van der Waals surface area contributed by atoms with E-state index in [0.29, 0.717) is 0 Å². The Bertz CT molecular complexity index is 166. The molecular formula is C5H8N2O2. The molecule has 0 saturated carbocycles. The van der Waals surface area contributed by atoms with Crippen LogP contribution in [0.2, 0.25) is 0 Å². The molecule has 0 bridgehead atoms. The van der Waals surface area contributed by atoms with Crippen molar-refractivity contribution in [1.82, 2.24) is 4.90 Å². The minimum atomic E-state index is -0.595. The Morgan fingerprint density at radius 3 is 2.33 bits per heavy atom. The molecule has 0 aromatic carbocycles. The lowest BCUT2D eigenvalue weighted by atomic mass is 10.3. The third-order valence-electron chi connectivity index (χ3n) is 1.42. The molecule has 1 saturated heterocycles. The van der Waals surface area contributed by atoms with E-state index >= 15 is 0 Å². The summed E-state index contributed by atoms with van der Waals surface area (Å²) in [5, 5.41) is 0. The minimum Gasteiger partial charge on any atom is -0.319 e. The molecule has 1 heterocycles. The van der Waals surface area contributed by atoms with Crippen LogP contribution in [0.15, 0.2) is 0 Å². The second-order valence-corrected chi connectivity index (χ2v) is 2.10. The number of likely N-dealkylation sites (tertiary alicyclic amines) is 1. The third kappa shape index (κ3) is 0.810. The van der Waals surface area contributed by atoms with Crippen molar-refractivity contribution in [1.29, 1.82) is 0 Å². The first-order valence-electron chi connectivity index (χ1n) is 2.69. The number of nitrogens with two attached hydrogens (primary N) is 1. The van der Waals surface area contributed by atoms with Gasteiger partial charge in [-0.2, -0.15) is 0 Å². The first kappa shape index (κ1) is 6.22. The Balaban J connectivity index is 2.77. The van der Waals surface area contributed by atoms with Crippen LogP contribution in [0.1, 0.15) is 6.42 Å². The predicted molar refractivity (Wildman–Crippen MR) is 30.4 cm³/mol. The molecule has 1 aliphatic heterocycles. The average Bonchev–Trinajstić information content (AvgIpc) is 1.98. The van der Waals surface area contributed by atoms with E-state index < -0.39 is 6.04 Å². The van der Waals surface area contributed by atoms with Crippen molar-refractivity contribution in [3.05, 3.63) is 0 Å². The van der Waals surface area contributed by atoms with Gasteiger partial charge in [0.2, 0.25) is 11.8 Å². The first-order chi connectivity index (χ1) is 4.13. The molecule has 0 unspecified atom stereocenters. The molecule has 4 heteroatoms. The number of likely N-dealkylation sites (N-methyl/N-ethyl adjacent to an activating group) is 1. The predicted octanol–water partition coefficient (Wildman–Crippen LogP) is -1.30. The van der Waals surface area contributed by atoms with Crippen LogP contribution in [0.25, 0.3) is 0 Å². The van der Waals surface area contributed by atoms with Gasteiger partial charge in [-0.25, -0.2) is 0 Å². The Morgan fingerprint density at radius 2 is 2.22 bits per heavy atom. The average molecular weight is 128 g/mol. The Hall–Kier alpha value is -0.900. The zero-order chi connectivity index (χ0) is 7.02. The van der Waals surface area contributed by atoms with E-state index in [1.807, 2.05) is 0 Å². The van der Waals surface area contributed by atoms with Gasteiger partial charge < -0.3 is 5.73 Å². The molecular weight excluding hydrogens is 120 g/mol. The van der Waals surface area contributed by atoms with Crippen molar-refractivity contribution in [3.63, 3.8) is 0 Å². The molecule has 1 aliphatic rings. The third-order valence-corrected chi connectivity index (χ3v) is 1.42. The van der Waals surface area contributed by atoms with Crippen LogP contribution in [0, 0.1) is 0 Å². The number of nitrogens with zero attached hydrogens (tertiary/aromatic N) is 1. The van der Waals surface area contributed by atoms with E-state index in [9.17, 15) is 9.59 Å². The summed E-state index contributed by atoms with van der Waals surface area (Å²) in [6, 6.07) is -0.595. The molecule has 1 fully saturated rings. The second kappa shape index (κ2) is 1.80. The van der Waals surface area contributed by atoms with Gasteiger partial charge in [0.25, 0.3) is 0 Å². The summed E-state index contributed by atoms with van der Waals surface area (Å²) in [4.78, 5) is 22.4. The number of carbonyl (C=O) groups is 2. The second-order valence-electron chi connectivity index (χ2n) is 2.10. The normalized spacial score (nSPS) is 27.8. The van der Waals surface area contributed by atoms with Crippen molar-refractivity contribution in [2.45, 2.75) is 12.5 Å². The maximum absolute atomic E-state index is 10.7. The van der Waals surface area contributed by atoms with E-state index in [2.05, 4.69) is 0 Å². The molecule has 0 aromatic rings. The Morgan fingerprint density at radius 1 is 1.67 bits per heavy atom. The molecule has 0 radical (unpaired) electrons. The SMILES string of the molecule is CN1C(=O)C[C@H](N)C1=O. The van der Waals surface area contributed by atoms with E-state index in [1.165, 1.54) is 7.05 Å². The lowest BCUT2D eigenvalue weighted by Crippen LogP contribution is -2.32. The van der Waals surface area contributed by atoms with Gasteiger partial charge in [-0.1, -0.05) is 0 Å². The van der Waals surface area contributed by atoms with Gasteiger partial charge in [-0.05, 0) is 0 Å². The first-order valence-corrected chi connectivity index (χ1v) is 2.69. The molecule has 4 nitrogen and oxygen atoms in total. The monoisotopic (exact) mass is 128 g/mol. The molecule has 0 aromatic heterocycles. The molecule has 1 atom stereocenters. The maximum atomic E-state index is 10.7. The van der Waals surface area contributed by atoms with Gasteiger partial charge >= 0.3 is 0 Å². The smallest absolute Gasteiger partial charge is 0.246 e. The molecule has 0 aliphatic carbocycles. The number of imide groups is 1. The fraction of sp³-hybridized carbons (Fsp3) is 0.600. The summed E-state index contributed by atoms with van der Waals surface area (Å²) in [5.41, 5.74) is 5.25. The quantitative estimate of drug-likeness (QED) is 0.412. The van der Waals surface area contributed by atoms with Crippen LogP contribution in [0.5, 0.6) is 0 Å². The van der Waals surface area contributed by atoms with Crippen LogP contribution in [0.3, 0.4) is 0 Å². The van der Waals surface area contributed by atoms with Crippen LogP contribution in [-0.4, -0.2) is 29.8 Å². The van der Waals surface area contributed by atoms with Crippen molar-refractivity contribution >= 4 is 11.8 Å². The number of carbonyl (C=O) groups excluding carboxylic acids is 2. The standard InChI is InChI=1S/C5H8N2O2/c1-7-4(8)2-3(6)5(7)9/h3H,2,6H2,1H3/t3-/m0/s1. The zero-order valence-corrected chi connectivity index (χ0v) is 5.13. The van der Waals surface area contributed by atoms with E-state index in [4.69, 9.17) is 5.73 Å². The molecule has 2 N–H and O–H groups in total. The fourth-order valence-corrected chi connectivity index (χ4v) is 0.784. The lowest BCUT2D eigenvalue weighted by Gasteiger charge is -2.03. The number of amides is 2. The largest absolute Gasteiger partial charge is 0.319 e. The lowest BCUT2D eigenvalue weighted by molar-refractivity contribution is -0.136. The van der Waals surface area contributed by atoms with E-state index in [-0.39, 0.29) is 18.2 Å². The summed E-state index contributed by atoms with van der Waals surface area (Å²) in [6.45, 7) is 0. The van der Waals surface area contributed by atoms with Crippen LogP contribution >= 0.6 is 0 Å². The van der Waals surface area contributed by atoms with Gasteiger partial charge in [-0.3, -0.25) is 14.5 Å². The van der Waals surface area contributed by atoms with Gasteiger partial charge in [0, 0.05) is 7.05 Å². The van der Waals surface area contributed by atoms with Crippen molar-refractivity contribution in [2.75, 3.05) is 7.05 Å². The van der Waals surface area contributed by atoms with Crippen LogP contribution in [-0.2, 0) is 9.59 Å². The van der Waals surface area contributed by atoms with E-state index in [0.717, 1.165) is 4.90 Å². The Labute approximate surface area is 52.6 Å².